The van der Waals surface area contributed by atoms with Crippen molar-refractivity contribution in [1.29, 1.82) is 0 Å². The lowest BCUT2D eigenvalue weighted by molar-refractivity contribution is 0.112. The third-order valence-corrected chi connectivity index (χ3v) is 4.42. The summed E-state index contributed by atoms with van der Waals surface area (Å²) in [6.45, 7) is 1.32. The Morgan fingerprint density at radius 1 is 0.929 bits per heavy atom. The zero-order chi connectivity index (χ0) is 19.8. The number of benzene rings is 2. The molecular formula is C23H27N3O2. The maximum Gasteiger partial charge on any atom is 0.128 e. The maximum atomic E-state index is 10.5. The number of anilines is 2. The number of aliphatic hydroxyl groups is 1. The molecule has 0 aliphatic carbocycles. The van der Waals surface area contributed by atoms with Crippen molar-refractivity contribution in [2.45, 2.75) is 12.6 Å². The number of para-hydroxylation sites is 1. The van der Waals surface area contributed by atoms with Gasteiger partial charge in [0.15, 0.2) is 0 Å². The molecule has 3 aromatic rings. The first kappa shape index (κ1) is 19.7. The van der Waals surface area contributed by atoms with Crippen molar-refractivity contribution in [1.82, 2.24) is 4.98 Å². The largest absolute Gasteiger partial charge is 0.491 e. The highest BCUT2D eigenvalue weighted by Gasteiger charge is 2.15. The second-order valence-corrected chi connectivity index (χ2v) is 6.91. The fourth-order valence-corrected chi connectivity index (χ4v) is 2.92. The van der Waals surface area contributed by atoms with Gasteiger partial charge >= 0.3 is 0 Å². The van der Waals surface area contributed by atoms with Crippen LogP contribution in [0.3, 0.4) is 0 Å². The van der Waals surface area contributed by atoms with Gasteiger partial charge in [-0.1, -0.05) is 36.4 Å². The summed E-state index contributed by atoms with van der Waals surface area (Å²) in [5.41, 5.74) is 2.32. The zero-order valence-corrected chi connectivity index (χ0v) is 16.4. The Morgan fingerprint density at radius 2 is 1.64 bits per heavy atom. The molecule has 0 aliphatic heterocycles. The van der Waals surface area contributed by atoms with Crippen LogP contribution in [0.4, 0.5) is 11.5 Å². The molecule has 2 aromatic carbocycles. The average molecular weight is 377 g/mol. The summed E-state index contributed by atoms with van der Waals surface area (Å²) < 4.78 is 5.69. The van der Waals surface area contributed by atoms with Gasteiger partial charge in [-0.25, -0.2) is 4.98 Å². The van der Waals surface area contributed by atoms with Crippen molar-refractivity contribution in [3.8, 4) is 5.75 Å². The van der Waals surface area contributed by atoms with Crippen LogP contribution >= 0.6 is 0 Å². The Balaban J connectivity index is 1.66. The highest BCUT2D eigenvalue weighted by molar-refractivity contribution is 5.47. The fourth-order valence-electron chi connectivity index (χ4n) is 2.92. The molecule has 1 N–H and O–H groups in total. The molecule has 0 saturated heterocycles. The molecule has 0 fully saturated rings. The molecule has 3 rings (SSSR count). The van der Waals surface area contributed by atoms with E-state index in [2.05, 4.69) is 39.0 Å². The molecule has 0 saturated carbocycles. The van der Waals surface area contributed by atoms with Crippen molar-refractivity contribution in [2.75, 3.05) is 37.0 Å². The van der Waals surface area contributed by atoms with Crippen LogP contribution in [0, 0.1) is 0 Å². The number of hydrogen-bond donors (Lipinski definition) is 1. The third kappa shape index (κ3) is 5.72. The quantitative estimate of drug-likeness (QED) is 0.617. The van der Waals surface area contributed by atoms with Gasteiger partial charge < -0.3 is 19.6 Å². The zero-order valence-electron chi connectivity index (χ0n) is 16.4. The van der Waals surface area contributed by atoms with Crippen LogP contribution in [-0.4, -0.2) is 43.4 Å². The van der Waals surface area contributed by atoms with Gasteiger partial charge in [0.1, 0.15) is 24.3 Å². The van der Waals surface area contributed by atoms with Crippen molar-refractivity contribution < 1.29 is 9.84 Å². The van der Waals surface area contributed by atoms with Crippen LogP contribution in [-0.2, 0) is 6.54 Å². The molecule has 1 unspecified atom stereocenters. The van der Waals surface area contributed by atoms with E-state index in [1.54, 1.807) is 6.20 Å². The number of aliphatic hydroxyl groups excluding tert-OH is 1. The van der Waals surface area contributed by atoms with Gasteiger partial charge in [-0.15, -0.1) is 0 Å². The summed E-state index contributed by atoms with van der Waals surface area (Å²) in [7, 11) is 4.05. The van der Waals surface area contributed by atoms with E-state index < -0.39 is 6.10 Å². The third-order valence-electron chi connectivity index (χ3n) is 4.42. The number of ether oxygens (including phenoxy) is 1. The summed E-state index contributed by atoms with van der Waals surface area (Å²) in [5, 5.41) is 10.5. The van der Waals surface area contributed by atoms with Crippen LogP contribution < -0.4 is 14.5 Å². The van der Waals surface area contributed by atoms with Crippen LogP contribution in [0.15, 0.2) is 79.0 Å². The fraction of sp³-hybridized carbons (Fsp3) is 0.261. The van der Waals surface area contributed by atoms with Gasteiger partial charge in [0.2, 0.25) is 0 Å². The normalized spacial score (nSPS) is 11.7. The summed E-state index contributed by atoms with van der Waals surface area (Å²) in [6.07, 6.45) is 1.13. The van der Waals surface area contributed by atoms with Crippen molar-refractivity contribution in [3.05, 3.63) is 84.6 Å². The van der Waals surface area contributed by atoms with Crippen LogP contribution in [0.25, 0.3) is 0 Å². The molecule has 1 atom stereocenters. The molecule has 0 bridgehead atoms. The first-order chi connectivity index (χ1) is 13.6. The van der Waals surface area contributed by atoms with Crippen molar-refractivity contribution >= 4 is 11.5 Å². The number of rotatable bonds is 9. The van der Waals surface area contributed by atoms with Crippen molar-refractivity contribution in [2.24, 2.45) is 0 Å². The summed E-state index contributed by atoms with van der Waals surface area (Å²) in [6, 6.07) is 23.8. The second-order valence-electron chi connectivity index (χ2n) is 6.91. The minimum atomic E-state index is -0.636. The molecule has 0 spiro atoms. The molecule has 0 radical (unpaired) electrons. The Bertz CT molecular complexity index is 823. The number of nitrogens with zero attached hydrogens (tertiary/aromatic N) is 3. The molecule has 0 amide bonds. The maximum absolute atomic E-state index is 10.5. The Kier molecular flexibility index (Phi) is 6.87. The van der Waals surface area contributed by atoms with E-state index in [0.29, 0.717) is 13.1 Å². The first-order valence-electron chi connectivity index (χ1n) is 9.40. The minimum Gasteiger partial charge on any atom is -0.491 e. The summed E-state index contributed by atoms with van der Waals surface area (Å²) in [5.74, 6) is 1.59. The number of aromatic nitrogens is 1. The standard InChI is InChI=1S/C23H27N3O2/c1-25(2)20-13-11-19(12-14-20)16-26(23-10-6-7-15-24-23)17-21(27)18-28-22-8-4-3-5-9-22/h3-15,21,27H,16-18H2,1-2H3. The molecular weight excluding hydrogens is 350 g/mol. The lowest BCUT2D eigenvalue weighted by atomic mass is 10.1. The highest BCUT2D eigenvalue weighted by atomic mass is 16.5. The van der Waals surface area contributed by atoms with E-state index >= 15 is 0 Å². The number of hydrogen-bond acceptors (Lipinski definition) is 5. The van der Waals surface area contributed by atoms with Gasteiger partial charge in [0.25, 0.3) is 0 Å². The number of pyridine rings is 1. The molecule has 5 heteroatoms. The smallest absolute Gasteiger partial charge is 0.128 e. The van der Waals surface area contributed by atoms with Gasteiger partial charge in [0.05, 0.1) is 0 Å². The molecule has 0 aliphatic rings. The lowest BCUT2D eigenvalue weighted by Gasteiger charge is -2.26. The SMILES string of the molecule is CN(C)c1ccc(CN(CC(O)COc2ccccc2)c2ccccn2)cc1. The molecule has 5 nitrogen and oxygen atoms in total. The van der Waals surface area contributed by atoms with E-state index in [0.717, 1.165) is 22.8 Å². The van der Waals surface area contributed by atoms with Crippen LogP contribution in [0.1, 0.15) is 5.56 Å². The Labute approximate surface area is 166 Å². The lowest BCUT2D eigenvalue weighted by Crippen LogP contribution is -2.35. The second kappa shape index (κ2) is 9.76. The van der Waals surface area contributed by atoms with E-state index in [1.165, 1.54) is 0 Å². The van der Waals surface area contributed by atoms with Crippen LogP contribution in [0.5, 0.6) is 5.75 Å². The van der Waals surface area contributed by atoms with E-state index in [1.807, 2.05) is 62.6 Å². The highest BCUT2D eigenvalue weighted by Crippen LogP contribution is 2.18. The van der Waals surface area contributed by atoms with Gasteiger partial charge in [-0.3, -0.25) is 0 Å². The van der Waals surface area contributed by atoms with E-state index in [9.17, 15) is 5.11 Å². The topological polar surface area (TPSA) is 48.8 Å². The van der Waals surface area contributed by atoms with Crippen LogP contribution in [0.2, 0.25) is 0 Å². The predicted octanol–water partition coefficient (Wildman–Crippen LogP) is 3.59. The summed E-state index contributed by atoms with van der Waals surface area (Å²) >= 11 is 0. The molecule has 1 aromatic heterocycles. The van der Waals surface area contributed by atoms with E-state index in [4.69, 9.17) is 4.74 Å². The summed E-state index contributed by atoms with van der Waals surface area (Å²) in [4.78, 5) is 8.61. The predicted molar refractivity (Wildman–Crippen MR) is 114 cm³/mol. The van der Waals surface area contributed by atoms with Crippen molar-refractivity contribution in [3.63, 3.8) is 0 Å². The Morgan fingerprint density at radius 3 is 2.29 bits per heavy atom. The monoisotopic (exact) mass is 377 g/mol. The minimum absolute atomic E-state index is 0.229. The van der Waals surface area contributed by atoms with Gasteiger partial charge in [-0.2, -0.15) is 0 Å². The van der Waals surface area contributed by atoms with Gasteiger partial charge in [-0.05, 0) is 42.0 Å². The van der Waals surface area contributed by atoms with Gasteiger partial charge in [0, 0.05) is 39.1 Å². The molecule has 1 heterocycles. The average Bonchev–Trinajstić information content (AvgIpc) is 2.73. The Hall–Kier alpha value is -3.05. The first-order valence-corrected chi connectivity index (χ1v) is 9.40. The molecule has 146 valence electrons. The van der Waals surface area contributed by atoms with E-state index in [-0.39, 0.29) is 6.61 Å². The molecule has 28 heavy (non-hydrogen) atoms.